The summed E-state index contributed by atoms with van der Waals surface area (Å²) in [5.41, 5.74) is 3.51. The van der Waals surface area contributed by atoms with Crippen LogP contribution in [0.25, 0.3) is 0 Å². The number of carbonyl (C=O) groups excluding carboxylic acids is 1. The second-order valence-electron chi connectivity index (χ2n) is 8.32. The number of aryl methyl sites for hydroxylation is 2. The molecule has 0 atom stereocenters. The maximum Gasteiger partial charge on any atom is 0.416 e. The van der Waals surface area contributed by atoms with Crippen molar-refractivity contribution < 1.29 is 18.0 Å². The molecule has 0 saturated heterocycles. The van der Waals surface area contributed by atoms with Gasteiger partial charge in [0.15, 0.2) is 5.82 Å². The van der Waals surface area contributed by atoms with E-state index in [2.05, 4.69) is 15.5 Å². The Balaban J connectivity index is 1.42. The lowest BCUT2D eigenvalue weighted by Crippen LogP contribution is -2.13. The van der Waals surface area contributed by atoms with Crippen molar-refractivity contribution in [1.82, 2.24) is 19.6 Å². The number of halogens is 4. The average molecular weight is 502 g/mol. The third-order valence-corrected chi connectivity index (χ3v) is 6.20. The molecule has 10 heteroatoms. The minimum Gasteiger partial charge on any atom is -0.305 e. The Kier molecular flexibility index (Phi) is 6.71. The first-order valence-corrected chi connectivity index (χ1v) is 11.2. The third kappa shape index (κ3) is 5.57. The molecule has 0 saturated carbocycles. The van der Waals surface area contributed by atoms with E-state index in [1.54, 1.807) is 35.9 Å². The fourth-order valence-corrected chi connectivity index (χ4v) is 3.84. The predicted molar refractivity (Wildman–Crippen MR) is 128 cm³/mol. The standard InChI is InChI=1S/C25H23ClF3N5O/c1-15-11-22(32-33(15)14-19-5-4-6-21(12-19)25(27,28)29)30-24(35)20-9-7-18(8-10-20)13-34-17(3)23(26)16(2)31-34/h4-12H,13-14H2,1-3H3,(H,30,32,35). The highest BCUT2D eigenvalue weighted by molar-refractivity contribution is 6.31. The normalized spacial score (nSPS) is 11.6. The summed E-state index contributed by atoms with van der Waals surface area (Å²) in [6.07, 6.45) is -4.41. The number of hydrogen-bond acceptors (Lipinski definition) is 3. The molecular formula is C25H23ClF3N5O. The van der Waals surface area contributed by atoms with Crippen LogP contribution in [-0.4, -0.2) is 25.5 Å². The first kappa shape index (κ1) is 24.5. The number of carbonyl (C=O) groups is 1. The fourth-order valence-electron chi connectivity index (χ4n) is 3.70. The quantitative estimate of drug-likeness (QED) is 0.351. The zero-order valence-corrected chi connectivity index (χ0v) is 20.1. The monoisotopic (exact) mass is 501 g/mol. The van der Waals surface area contributed by atoms with Gasteiger partial charge in [-0.05, 0) is 56.2 Å². The summed E-state index contributed by atoms with van der Waals surface area (Å²) in [7, 11) is 0. The van der Waals surface area contributed by atoms with E-state index in [0.717, 1.165) is 29.1 Å². The molecule has 0 spiro atoms. The van der Waals surface area contributed by atoms with E-state index in [1.807, 2.05) is 30.7 Å². The number of nitrogens with zero attached hydrogens (tertiary/aromatic N) is 4. The first-order chi connectivity index (χ1) is 16.5. The molecule has 0 aliphatic carbocycles. The van der Waals surface area contributed by atoms with Crippen LogP contribution < -0.4 is 5.32 Å². The highest BCUT2D eigenvalue weighted by atomic mass is 35.5. The maximum atomic E-state index is 13.0. The molecule has 4 rings (SSSR count). The van der Waals surface area contributed by atoms with Crippen LogP contribution in [0.5, 0.6) is 0 Å². The second kappa shape index (κ2) is 9.58. The number of alkyl halides is 3. The molecular weight excluding hydrogens is 479 g/mol. The smallest absolute Gasteiger partial charge is 0.305 e. The lowest BCUT2D eigenvalue weighted by Gasteiger charge is -2.09. The maximum absolute atomic E-state index is 13.0. The van der Waals surface area contributed by atoms with Gasteiger partial charge in [-0.3, -0.25) is 14.2 Å². The Bertz CT molecular complexity index is 1370. The Labute approximate surface area is 205 Å². The van der Waals surface area contributed by atoms with Gasteiger partial charge in [-0.1, -0.05) is 35.9 Å². The molecule has 1 N–H and O–H groups in total. The van der Waals surface area contributed by atoms with E-state index >= 15 is 0 Å². The second-order valence-corrected chi connectivity index (χ2v) is 8.70. The van der Waals surface area contributed by atoms with Gasteiger partial charge in [-0.2, -0.15) is 23.4 Å². The van der Waals surface area contributed by atoms with Crippen molar-refractivity contribution in [3.8, 4) is 0 Å². The number of amides is 1. The van der Waals surface area contributed by atoms with E-state index in [-0.39, 0.29) is 12.5 Å². The van der Waals surface area contributed by atoms with Crippen molar-refractivity contribution in [3.63, 3.8) is 0 Å². The van der Waals surface area contributed by atoms with Crippen LogP contribution >= 0.6 is 11.6 Å². The molecule has 35 heavy (non-hydrogen) atoms. The molecule has 0 aliphatic rings. The zero-order chi connectivity index (χ0) is 25.3. The summed E-state index contributed by atoms with van der Waals surface area (Å²) in [6.45, 7) is 6.20. The van der Waals surface area contributed by atoms with Crippen molar-refractivity contribution in [2.24, 2.45) is 0 Å². The van der Waals surface area contributed by atoms with Crippen LogP contribution in [0.4, 0.5) is 19.0 Å². The Morgan fingerprint density at radius 1 is 0.943 bits per heavy atom. The van der Waals surface area contributed by atoms with Gasteiger partial charge in [0.25, 0.3) is 5.91 Å². The summed E-state index contributed by atoms with van der Waals surface area (Å²) in [6, 6.07) is 13.9. The molecule has 2 aromatic carbocycles. The van der Waals surface area contributed by atoms with Crippen molar-refractivity contribution >= 4 is 23.3 Å². The van der Waals surface area contributed by atoms with Crippen LogP contribution in [0.1, 0.15) is 44.1 Å². The summed E-state index contributed by atoms with van der Waals surface area (Å²) in [4.78, 5) is 12.7. The van der Waals surface area contributed by atoms with Crippen LogP contribution in [-0.2, 0) is 19.3 Å². The van der Waals surface area contributed by atoms with E-state index in [9.17, 15) is 18.0 Å². The molecule has 2 aromatic heterocycles. The molecule has 182 valence electrons. The van der Waals surface area contributed by atoms with E-state index in [1.165, 1.54) is 6.07 Å². The van der Waals surface area contributed by atoms with Gasteiger partial charge in [0.2, 0.25) is 0 Å². The van der Waals surface area contributed by atoms with Gasteiger partial charge < -0.3 is 5.32 Å². The number of aromatic nitrogens is 4. The lowest BCUT2D eigenvalue weighted by molar-refractivity contribution is -0.137. The predicted octanol–water partition coefficient (Wildman–Crippen LogP) is 6.03. The molecule has 0 bridgehead atoms. The summed E-state index contributed by atoms with van der Waals surface area (Å²) in [5, 5.41) is 12.1. The van der Waals surface area contributed by atoms with Crippen LogP contribution in [0, 0.1) is 20.8 Å². The molecule has 0 unspecified atom stereocenters. The first-order valence-electron chi connectivity index (χ1n) is 10.8. The van der Waals surface area contributed by atoms with Gasteiger partial charge >= 0.3 is 6.18 Å². The number of rotatable bonds is 6. The molecule has 0 fully saturated rings. The molecule has 4 aromatic rings. The number of hydrogen-bond donors (Lipinski definition) is 1. The molecule has 1 amide bonds. The van der Waals surface area contributed by atoms with Crippen LogP contribution in [0.2, 0.25) is 5.02 Å². The van der Waals surface area contributed by atoms with Gasteiger partial charge in [0.1, 0.15) is 0 Å². The molecule has 2 heterocycles. The largest absolute Gasteiger partial charge is 0.416 e. The Morgan fingerprint density at radius 3 is 2.26 bits per heavy atom. The molecule has 0 aliphatic heterocycles. The lowest BCUT2D eigenvalue weighted by atomic mass is 10.1. The van der Waals surface area contributed by atoms with Crippen LogP contribution in [0.15, 0.2) is 54.6 Å². The van der Waals surface area contributed by atoms with Gasteiger partial charge in [-0.15, -0.1) is 0 Å². The van der Waals surface area contributed by atoms with E-state index in [0.29, 0.717) is 34.2 Å². The Morgan fingerprint density at radius 2 is 1.63 bits per heavy atom. The van der Waals surface area contributed by atoms with Crippen molar-refractivity contribution in [2.75, 3.05) is 5.32 Å². The van der Waals surface area contributed by atoms with Crippen molar-refractivity contribution in [3.05, 3.63) is 99.0 Å². The molecule has 6 nitrogen and oxygen atoms in total. The summed E-state index contributed by atoms with van der Waals surface area (Å²) in [5.74, 6) is -0.0183. The molecule has 0 radical (unpaired) electrons. The fraction of sp³-hybridized carbons (Fsp3) is 0.240. The van der Waals surface area contributed by atoms with Crippen molar-refractivity contribution in [1.29, 1.82) is 0 Å². The van der Waals surface area contributed by atoms with Crippen LogP contribution in [0.3, 0.4) is 0 Å². The topological polar surface area (TPSA) is 64.7 Å². The van der Waals surface area contributed by atoms with Gasteiger partial charge in [0.05, 0.1) is 35.1 Å². The Hall–Kier alpha value is -3.59. The summed E-state index contributed by atoms with van der Waals surface area (Å²) < 4.78 is 42.3. The highest BCUT2D eigenvalue weighted by Gasteiger charge is 2.30. The van der Waals surface area contributed by atoms with Gasteiger partial charge in [-0.25, -0.2) is 0 Å². The third-order valence-electron chi connectivity index (χ3n) is 5.65. The number of benzene rings is 2. The van der Waals surface area contributed by atoms with E-state index < -0.39 is 11.7 Å². The van der Waals surface area contributed by atoms with Gasteiger partial charge in [0, 0.05) is 17.3 Å². The number of nitrogens with one attached hydrogen (secondary N) is 1. The minimum atomic E-state index is -4.41. The highest BCUT2D eigenvalue weighted by Crippen LogP contribution is 2.29. The SMILES string of the molecule is Cc1nn(Cc2ccc(C(=O)Nc3cc(C)n(Cc4cccc(C(F)(F)F)c4)n3)cc2)c(C)c1Cl. The zero-order valence-electron chi connectivity index (χ0n) is 19.3. The summed E-state index contributed by atoms with van der Waals surface area (Å²) >= 11 is 6.20. The average Bonchev–Trinajstić information content (AvgIpc) is 3.26. The number of anilines is 1. The van der Waals surface area contributed by atoms with Crippen molar-refractivity contribution in [2.45, 2.75) is 40.0 Å². The minimum absolute atomic E-state index is 0.149. The van der Waals surface area contributed by atoms with E-state index in [4.69, 9.17) is 11.6 Å².